The predicted molar refractivity (Wildman–Crippen MR) is 57.3 cm³/mol. The summed E-state index contributed by atoms with van der Waals surface area (Å²) in [7, 11) is 1.80. The third-order valence-electron chi connectivity index (χ3n) is 3.59. The average molecular weight is 198 g/mol. The summed E-state index contributed by atoms with van der Waals surface area (Å²) in [4.78, 5) is 0. The fourth-order valence-electron chi connectivity index (χ4n) is 2.24. The van der Waals surface area contributed by atoms with Gasteiger partial charge in [0.15, 0.2) is 0 Å². The first-order valence-corrected chi connectivity index (χ1v) is 5.76. The third-order valence-corrected chi connectivity index (χ3v) is 3.59. The molecule has 1 aliphatic heterocycles. The first-order valence-electron chi connectivity index (χ1n) is 5.76. The Bertz CT molecular complexity index is 186. The molecule has 0 aromatic heterocycles. The lowest BCUT2D eigenvalue weighted by molar-refractivity contribution is 0.117. The van der Waals surface area contributed by atoms with Gasteiger partial charge in [0.25, 0.3) is 0 Å². The molecule has 14 heavy (non-hydrogen) atoms. The quantitative estimate of drug-likeness (QED) is 0.679. The molecule has 0 spiro atoms. The summed E-state index contributed by atoms with van der Waals surface area (Å²) in [6.45, 7) is 5.66. The highest BCUT2D eigenvalue weighted by molar-refractivity contribution is 4.87. The molecule has 3 heteroatoms. The zero-order valence-electron chi connectivity index (χ0n) is 9.25. The van der Waals surface area contributed by atoms with Crippen LogP contribution in [-0.2, 0) is 4.74 Å². The minimum atomic E-state index is 0.432. The fraction of sp³-hybridized carbons (Fsp3) is 1.00. The van der Waals surface area contributed by atoms with E-state index in [1.807, 2.05) is 0 Å². The van der Waals surface area contributed by atoms with Crippen molar-refractivity contribution in [1.29, 1.82) is 0 Å². The lowest BCUT2D eigenvalue weighted by Gasteiger charge is -2.11. The van der Waals surface area contributed by atoms with Crippen LogP contribution in [0.1, 0.15) is 19.8 Å². The summed E-state index contributed by atoms with van der Waals surface area (Å²) in [5.74, 6) is 1.92. The van der Waals surface area contributed by atoms with Crippen LogP contribution in [0.5, 0.6) is 0 Å². The van der Waals surface area contributed by atoms with Crippen molar-refractivity contribution in [2.45, 2.75) is 31.9 Å². The van der Waals surface area contributed by atoms with Crippen LogP contribution < -0.4 is 10.6 Å². The Morgan fingerprint density at radius 1 is 1.36 bits per heavy atom. The normalized spacial score (nSPS) is 41.6. The van der Waals surface area contributed by atoms with Crippen molar-refractivity contribution in [1.82, 2.24) is 10.6 Å². The Balaban J connectivity index is 1.53. The van der Waals surface area contributed by atoms with Gasteiger partial charge in [-0.1, -0.05) is 6.92 Å². The summed E-state index contributed by atoms with van der Waals surface area (Å²) in [6.07, 6.45) is 3.01. The Labute approximate surface area is 86.6 Å². The topological polar surface area (TPSA) is 33.3 Å². The van der Waals surface area contributed by atoms with E-state index in [2.05, 4.69) is 17.6 Å². The summed E-state index contributed by atoms with van der Waals surface area (Å²) in [5.41, 5.74) is 0. The standard InChI is InChI=1S/C11H22N2O/c1-8-3-9(8)5-12-6-10-4-11(14-2)7-13-10/h8-13H,3-7H2,1-2H3. The molecule has 2 N–H and O–H groups in total. The highest BCUT2D eigenvalue weighted by atomic mass is 16.5. The van der Waals surface area contributed by atoms with Gasteiger partial charge in [-0.3, -0.25) is 0 Å². The molecule has 4 atom stereocenters. The van der Waals surface area contributed by atoms with Gasteiger partial charge >= 0.3 is 0 Å². The van der Waals surface area contributed by atoms with Gasteiger partial charge in [0.1, 0.15) is 0 Å². The first-order chi connectivity index (χ1) is 6.79. The average Bonchev–Trinajstić information content (AvgIpc) is 2.71. The monoisotopic (exact) mass is 198 g/mol. The van der Waals surface area contributed by atoms with Crippen LogP contribution in [-0.4, -0.2) is 38.9 Å². The fourth-order valence-corrected chi connectivity index (χ4v) is 2.24. The van der Waals surface area contributed by atoms with Crippen LogP contribution in [0.15, 0.2) is 0 Å². The molecule has 2 fully saturated rings. The van der Waals surface area contributed by atoms with Crippen molar-refractivity contribution in [2.24, 2.45) is 11.8 Å². The number of methoxy groups -OCH3 is 1. The van der Waals surface area contributed by atoms with Crippen LogP contribution >= 0.6 is 0 Å². The van der Waals surface area contributed by atoms with Crippen molar-refractivity contribution in [2.75, 3.05) is 26.7 Å². The van der Waals surface area contributed by atoms with E-state index in [4.69, 9.17) is 4.74 Å². The largest absolute Gasteiger partial charge is 0.380 e. The lowest BCUT2D eigenvalue weighted by Crippen LogP contribution is -2.34. The van der Waals surface area contributed by atoms with Gasteiger partial charge in [0, 0.05) is 26.2 Å². The molecule has 4 unspecified atom stereocenters. The summed E-state index contributed by atoms with van der Waals surface area (Å²) < 4.78 is 5.31. The number of hydrogen-bond donors (Lipinski definition) is 2. The van der Waals surface area contributed by atoms with E-state index in [1.165, 1.54) is 13.0 Å². The molecule has 0 radical (unpaired) electrons. The van der Waals surface area contributed by atoms with Gasteiger partial charge in [-0.05, 0) is 31.2 Å². The molecule has 1 aliphatic carbocycles. The van der Waals surface area contributed by atoms with E-state index in [-0.39, 0.29) is 0 Å². The van der Waals surface area contributed by atoms with Crippen molar-refractivity contribution in [3.05, 3.63) is 0 Å². The summed E-state index contributed by atoms with van der Waals surface area (Å²) in [6, 6.07) is 0.619. The minimum Gasteiger partial charge on any atom is -0.380 e. The van der Waals surface area contributed by atoms with E-state index in [1.54, 1.807) is 7.11 Å². The molecule has 0 amide bonds. The highest BCUT2D eigenvalue weighted by Crippen LogP contribution is 2.36. The summed E-state index contributed by atoms with van der Waals surface area (Å²) in [5, 5.41) is 7.02. The van der Waals surface area contributed by atoms with E-state index in [0.29, 0.717) is 12.1 Å². The van der Waals surface area contributed by atoms with Gasteiger partial charge in [0.05, 0.1) is 6.10 Å². The van der Waals surface area contributed by atoms with E-state index >= 15 is 0 Å². The van der Waals surface area contributed by atoms with Gasteiger partial charge in [0.2, 0.25) is 0 Å². The third kappa shape index (κ3) is 2.69. The molecule has 1 heterocycles. The van der Waals surface area contributed by atoms with Crippen LogP contribution in [0.2, 0.25) is 0 Å². The Hall–Kier alpha value is -0.120. The Morgan fingerprint density at radius 2 is 2.14 bits per heavy atom. The van der Waals surface area contributed by atoms with Crippen molar-refractivity contribution in [3.8, 4) is 0 Å². The zero-order chi connectivity index (χ0) is 9.97. The van der Waals surface area contributed by atoms with Crippen LogP contribution in [0.4, 0.5) is 0 Å². The molecule has 1 saturated heterocycles. The lowest BCUT2D eigenvalue weighted by atomic mass is 10.2. The maximum atomic E-state index is 5.31. The van der Waals surface area contributed by atoms with E-state index < -0.39 is 0 Å². The molecule has 2 rings (SSSR count). The number of ether oxygens (including phenoxy) is 1. The van der Waals surface area contributed by atoms with Crippen LogP contribution in [0.3, 0.4) is 0 Å². The molecule has 1 saturated carbocycles. The van der Waals surface area contributed by atoms with Gasteiger partial charge in [-0.2, -0.15) is 0 Å². The van der Waals surface area contributed by atoms with Gasteiger partial charge < -0.3 is 15.4 Å². The molecule has 3 nitrogen and oxygen atoms in total. The first kappa shape index (κ1) is 10.4. The van der Waals surface area contributed by atoms with Crippen molar-refractivity contribution in [3.63, 3.8) is 0 Å². The second-order valence-electron chi connectivity index (χ2n) is 4.83. The second kappa shape index (κ2) is 4.60. The number of hydrogen-bond acceptors (Lipinski definition) is 3. The van der Waals surface area contributed by atoms with Crippen LogP contribution in [0.25, 0.3) is 0 Å². The van der Waals surface area contributed by atoms with Crippen molar-refractivity contribution >= 4 is 0 Å². The summed E-state index contributed by atoms with van der Waals surface area (Å²) >= 11 is 0. The van der Waals surface area contributed by atoms with E-state index in [0.717, 1.165) is 31.3 Å². The molecule has 0 bridgehead atoms. The highest BCUT2D eigenvalue weighted by Gasteiger charge is 2.32. The molecule has 0 aromatic rings. The van der Waals surface area contributed by atoms with Gasteiger partial charge in [-0.25, -0.2) is 0 Å². The van der Waals surface area contributed by atoms with E-state index in [9.17, 15) is 0 Å². The smallest absolute Gasteiger partial charge is 0.0711 e. The van der Waals surface area contributed by atoms with Crippen molar-refractivity contribution < 1.29 is 4.74 Å². The molecular formula is C11H22N2O. The minimum absolute atomic E-state index is 0.432. The molecular weight excluding hydrogens is 176 g/mol. The van der Waals surface area contributed by atoms with Gasteiger partial charge in [-0.15, -0.1) is 0 Å². The maximum Gasteiger partial charge on any atom is 0.0711 e. The second-order valence-corrected chi connectivity index (χ2v) is 4.83. The molecule has 0 aromatic carbocycles. The zero-order valence-corrected chi connectivity index (χ0v) is 9.25. The number of rotatable bonds is 5. The number of nitrogens with one attached hydrogen (secondary N) is 2. The maximum absolute atomic E-state index is 5.31. The predicted octanol–water partition coefficient (Wildman–Crippen LogP) is 0.609. The Kier molecular flexibility index (Phi) is 3.42. The Morgan fingerprint density at radius 3 is 2.71 bits per heavy atom. The SMILES string of the molecule is COC1CNC(CNCC2CC2C)C1. The molecule has 82 valence electrons. The van der Waals surface area contributed by atoms with Crippen LogP contribution in [0, 0.1) is 11.8 Å². The molecule has 2 aliphatic rings.